The molecule has 3 aromatic carbocycles. The van der Waals surface area contributed by atoms with Gasteiger partial charge in [-0.15, -0.1) is 0 Å². The van der Waals surface area contributed by atoms with Crippen LogP contribution in [0.15, 0.2) is 72.8 Å². The maximum Gasteiger partial charge on any atom is 0.181 e. The Bertz CT molecular complexity index is 1160. The van der Waals surface area contributed by atoms with E-state index in [0.29, 0.717) is 11.3 Å². The van der Waals surface area contributed by atoms with Crippen molar-refractivity contribution in [3.8, 4) is 11.4 Å². The first-order chi connectivity index (χ1) is 14.1. The number of anilines is 1. The monoisotopic (exact) mass is 384 g/mol. The molecule has 0 fully saturated rings. The molecule has 0 spiro atoms. The fraction of sp³-hybridized carbons (Fsp3) is 0.167. The number of nitrogens with zero attached hydrogens (tertiary/aromatic N) is 2. The summed E-state index contributed by atoms with van der Waals surface area (Å²) in [5, 5.41) is 0. The van der Waals surface area contributed by atoms with Gasteiger partial charge in [-0.2, -0.15) is 0 Å². The van der Waals surface area contributed by atoms with Crippen LogP contribution >= 0.6 is 0 Å². The van der Waals surface area contributed by atoms with E-state index in [1.807, 2.05) is 48.5 Å². The Morgan fingerprint density at radius 3 is 2.48 bits per heavy atom. The molecule has 146 valence electrons. The number of carbonyl (C=O) groups is 1. The van der Waals surface area contributed by atoms with Gasteiger partial charge in [-0.25, -0.2) is 4.98 Å². The Morgan fingerprint density at radius 2 is 1.72 bits per heavy atom. The fourth-order valence-corrected chi connectivity index (χ4v) is 3.61. The Labute approximate surface area is 170 Å². The Hall–Kier alpha value is -3.44. The van der Waals surface area contributed by atoms with Gasteiger partial charge in [0.25, 0.3) is 0 Å². The van der Waals surface area contributed by atoms with Crippen LogP contribution in [0.1, 0.15) is 22.8 Å². The number of fused-ring (bicyclic) bond motifs is 1. The maximum atomic E-state index is 12.5. The van der Waals surface area contributed by atoms with Crippen molar-refractivity contribution in [3.05, 3.63) is 83.9 Å². The number of benzene rings is 3. The van der Waals surface area contributed by atoms with Crippen molar-refractivity contribution in [3.63, 3.8) is 0 Å². The van der Waals surface area contributed by atoms with Crippen molar-refractivity contribution >= 4 is 22.5 Å². The zero-order valence-corrected chi connectivity index (χ0v) is 16.4. The van der Waals surface area contributed by atoms with Gasteiger partial charge in [0.15, 0.2) is 5.78 Å². The molecule has 0 bridgehead atoms. The van der Waals surface area contributed by atoms with Crippen LogP contribution in [0.5, 0.6) is 0 Å². The van der Waals surface area contributed by atoms with Crippen molar-refractivity contribution < 1.29 is 4.79 Å². The second-order valence-electron chi connectivity index (χ2n) is 7.23. The summed E-state index contributed by atoms with van der Waals surface area (Å²) in [6, 6.07) is 23.2. The number of ketones is 1. The number of nitrogens with two attached hydrogens (primary N) is 2. The minimum Gasteiger partial charge on any atom is -0.398 e. The van der Waals surface area contributed by atoms with Crippen molar-refractivity contribution in [2.75, 3.05) is 5.73 Å². The summed E-state index contributed by atoms with van der Waals surface area (Å²) >= 11 is 0. The zero-order chi connectivity index (χ0) is 20.4. The van der Waals surface area contributed by atoms with Gasteiger partial charge in [0.2, 0.25) is 0 Å². The zero-order valence-electron chi connectivity index (χ0n) is 16.4. The van der Waals surface area contributed by atoms with E-state index >= 15 is 0 Å². The fourth-order valence-electron chi connectivity index (χ4n) is 3.61. The quantitative estimate of drug-likeness (QED) is 0.388. The van der Waals surface area contributed by atoms with E-state index in [1.54, 1.807) is 13.0 Å². The number of nitrogen functional groups attached to an aromatic ring is 1. The van der Waals surface area contributed by atoms with Crippen LogP contribution in [-0.4, -0.2) is 21.4 Å². The molecule has 0 amide bonds. The minimum absolute atomic E-state index is 0.170. The first-order valence-electron chi connectivity index (χ1n) is 9.74. The third-order valence-electron chi connectivity index (χ3n) is 5.15. The van der Waals surface area contributed by atoms with Crippen molar-refractivity contribution in [2.45, 2.75) is 25.9 Å². The lowest BCUT2D eigenvalue weighted by molar-refractivity contribution is 0.0969. The molecule has 5 nitrogen and oxygen atoms in total. The number of aromatic nitrogens is 2. The molecular weight excluding hydrogens is 360 g/mol. The first-order valence-corrected chi connectivity index (χ1v) is 9.74. The molecule has 1 atom stereocenters. The number of hydrogen-bond acceptors (Lipinski definition) is 4. The molecule has 0 saturated carbocycles. The summed E-state index contributed by atoms with van der Waals surface area (Å²) in [6.45, 7) is 2.42. The van der Waals surface area contributed by atoms with E-state index in [0.717, 1.165) is 35.4 Å². The van der Waals surface area contributed by atoms with Crippen molar-refractivity contribution in [1.82, 2.24) is 9.55 Å². The van der Waals surface area contributed by atoms with E-state index in [1.165, 1.54) is 5.56 Å². The standard InChI is InChI=1S/C24H24N4O/c1-16(25)23(29)18-10-7-11-19(22(18)26)24-27-20-12-5-6-13-21(20)28(24)15-14-17-8-3-2-4-9-17/h2-13,16H,14-15,25-26H2,1H3/t16-/m0/s1. The molecule has 0 aliphatic heterocycles. The smallest absolute Gasteiger partial charge is 0.181 e. The molecule has 0 aliphatic carbocycles. The normalized spacial score (nSPS) is 12.2. The van der Waals surface area contributed by atoms with E-state index in [9.17, 15) is 4.79 Å². The number of para-hydroxylation sites is 3. The van der Waals surface area contributed by atoms with Crippen LogP contribution in [0.2, 0.25) is 0 Å². The van der Waals surface area contributed by atoms with Gasteiger partial charge in [0, 0.05) is 17.7 Å². The van der Waals surface area contributed by atoms with Crippen LogP contribution in [0.25, 0.3) is 22.4 Å². The molecule has 4 aromatic rings. The highest BCUT2D eigenvalue weighted by Gasteiger charge is 2.20. The van der Waals surface area contributed by atoms with E-state index in [2.05, 4.69) is 22.8 Å². The number of Topliss-reactive ketones (excluding diaryl/α,β-unsaturated/α-hetero) is 1. The highest BCUT2D eigenvalue weighted by molar-refractivity contribution is 6.06. The van der Waals surface area contributed by atoms with Gasteiger partial charge >= 0.3 is 0 Å². The molecule has 1 aromatic heterocycles. The Balaban J connectivity index is 1.82. The molecular formula is C24H24N4O. The highest BCUT2D eigenvalue weighted by atomic mass is 16.1. The van der Waals surface area contributed by atoms with Gasteiger partial charge in [-0.3, -0.25) is 4.79 Å². The summed E-state index contributed by atoms with van der Waals surface area (Å²) in [5.74, 6) is 0.593. The first kappa shape index (κ1) is 18.9. The third kappa shape index (κ3) is 3.65. The molecule has 0 aliphatic rings. The Kier molecular flexibility index (Phi) is 5.14. The molecule has 4 rings (SSSR count). The minimum atomic E-state index is -0.607. The van der Waals surface area contributed by atoms with Gasteiger partial charge in [-0.05, 0) is 43.2 Å². The van der Waals surface area contributed by atoms with Crippen LogP contribution in [0, 0.1) is 0 Å². The van der Waals surface area contributed by atoms with Crippen LogP contribution < -0.4 is 11.5 Å². The summed E-state index contributed by atoms with van der Waals surface area (Å²) in [4.78, 5) is 17.3. The molecule has 4 N–H and O–H groups in total. The number of imidazole rings is 1. The molecule has 0 radical (unpaired) electrons. The summed E-state index contributed by atoms with van der Waals surface area (Å²) in [6.07, 6.45) is 0.868. The third-order valence-corrected chi connectivity index (χ3v) is 5.15. The molecule has 0 unspecified atom stereocenters. The topological polar surface area (TPSA) is 86.9 Å². The van der Waals surface area contributed by atoms with Gasteiger partial charge < -0.3 is 16.0 Å². The lowest BCUT2D eigenvalue weighted by Crippen LogP contribution is -2.27. The van der Waals surface area contributed by atoms with Crippen molar-refractivity contribution in [2.24, 2.45) is 5.73 Å². The lowest BCUT2D eigenvalue weighted by Gasteiger charge is -2.14. The van der Waals surface area contributed by atoms with Crippen molar-refractivity contribution in [1.29, 1.82) is 0 Å². The van der Waals surface area contributed by atoms with Crippen LogP contribution in [0.4, 0.5) is 5.69 Å². The number of carbonyl (C=O) groups excluding carboxylic acids is 1. The molecule has 0 saturated heterocycles. The van der Waals surface area contributed by atoms with Crippen LogP contribution in [-0.2, 0) is 13.0 Å². The molecule has 29 heavy (non-hydrogen) atoms. The summed E-state index contributed by atoms with van der Waals surface area (Å²) in [5.41, 5.74) is 17.0. The second kappa shape index (κ2) is 7.89. The SMILES string of the molecule is C[C@H](N)C(=O)c1cccc(-c2nc3ccccc3n2CCc2ccccc2)c1N. The van der Waals surface area contributed by atoms with E-state index in [-0.39, 0.29) is 5.78 Å². The average Bonchev–Trinajstić information content (AvgIpc) is 3.11. The predicted octanol–water partition coefficient (Wildman–Crippen LogP) is 4.06. The second-order valence-corrected chi connectivity index (χ2v) is 7.23. The summed E-state index contributed by atoms with van der Waals surface area (Å²) in [7, 11) is 0. The average molecular weight is 384 g/mol. The van der Waals surface area contributed by atoms with Crippen LogP contribution in [0.3, 0.4) is 0 Å². The van der Waals surface area contributed by atoms with Gasteiger partial charge in [0.05, 0.1) is 22.8 Å². The number of aryl methyl sites for hydroxylation is 2. The largest absolute Gasteiger partial charge is 0.398 e. The predicted molar refractivity (Wildman–Crippen MR) is 118 cm³/mol. The number of rotatable bonds is 6. The highest BCUT2D eigenvalue weighted by Crippen LogP contribution is 2.31. The lowest BCUT2D eigenvalue weighted by atomic mass is 10.00. The van der Waals surface area contributed by atoms with Gasteiger partial charge in [0.1, 0.15) is 5.82 Å². The van der Waals surface area contributed by atoms with E-state index < -0.39 is 6.04 Å². The number of hydrogen-bond donors (Lipinski definition) is 2. The molecule has 5 heteroatoms. The molecule has 1 heterocycles. The van der Waals surface area contributed by atoms with E-state index in [4.69, 9.17) is 16.5 Å². The van der Waals surface area contributed by atoms with Gasteiger partial charge in [-0.1, -0.05) is 48.5 Å². The maximum absolute atomic E-state index is 12.5. The Morgan fingerprint density at radius 1 is 1.00 bits per heavy atom. The summed E-state index contributed by atoms with van der Waals surface area (Å²) < 4.78 is 2.17.